The Hall–Kier alpha value is -1.40. The lowest BCUT2D eigenvalue weighted by atomic mass is 10.2. The molecule has 1 amide bonds. The van der Waals surface area contributed by atoms with E-state index in [-0.39, 0.29) is 12.0 Å². The average Bonchev–Trinajstić information content (AvgIpc) is 3.16. The van der Waals surface area contributed by atoms with Gasteiger partial charge in [-0.15, -0.1) is 0 Å². The molecule has 1 aliphatic carbocycles. The first kappa shape index (κ1) is 12.6. The van der Waals surface area contributed by atoms with Crippen molar-refractivity contribution in [1.29, 1.82) is 0 Å². The number of hydrogen-bond acceptors (Lipinski definition) is 5. The minimum absolute atomic E-state index is 0.0555. The summed E-state index contributed by atoms with van der Waals surface area (Å²) in [6, 6.07) is 0. The van der Waals surface area contributed by atoms with Crippen molar-refractivity contribution in [2.75, 3.05) is 33.4 Å². The van der Waals surface area contributed by atoms with Gasteiger partial charge in [-0.25, -0.2) is 4.98 Å². The second-order valence-corrected chi connectivity index (χ2v) is 5.04. The van der Waals surface area contributed by atoms with Crippen molar-refractivity contribution in [1.82, 2.24) is 9.88 Å². The van der Waals surface area contributed by atoms with Gasteiger partial charge in [-0.1, -0.05) is 0 Å². The van der Waals surface area contributed by atoms with Gasteiger partial charge in [0.25, 0.3) is 5.91 Å². The van der Waals surface area contributed by atoms with Gasteiger partial charge < -0.3 is 18.8 Å². The molecule has 104 valence electrons. The van der Waals surface area contributed by atoms with Crippen molar-refractivity contribution >= 4 is 5.91 Å². The number of morpholine rings is 1. The maximum absolute atomic E-state index is 12.5. The van der Waals surface area contributed by atoms with Gasteiger partial charge in [-0.05, 0) is 12.8 Å². The molecule has 6 heteroatoms. The number of aromatic nitrogens is 1. The third-order valence-corrected chi connectivity index (χ3v) is 3.52. The van der Waals surface area contributed by atoms with Gasteiger partial charge in [0.2, 0.25) is 0 Å². The maximum Gasteiger partial charge on any atom is 0.276 e. The second-order valence-electron chi connectivity index (χ2n) is 5.04. The summed E-state index contributed by atoms with van der Waals surface area (Å²) in [5.41, 5.74) is 0.473. The molecular formula is C13H18N2O4. The summed E-state index contributed by atoms with van der Waals surface area (Å²) in [6.45, 7) is 2.17. The van der Waals surface area contributed by atoms with Gasteiger partial charge in [-0.2, -0.15) is 0 Å². The van der Waals surface area contributed by atoms with Gasteiger partial charge in [0.15, 0.2) is 12.1 Å². The number of carbonyl (C=O) groups is 1. The first-order chi connectivity index (χ1) is 9.29. The van der Waals surface area contributed by atoms with Crippen LogP contribution in [0.5, 0.6) is 0 Å². The minimum Gasteiger partial charge on any atom is -0.447 e. The lowest BCUT2D eigenvalue weighted by molar-refractivity contribution is -0.0532. The Labute approximate surface area is 111 Å². The molecule has 3 rings (SSSR count). The molecule has 0 N–H and O–H groups in total. The summed E-state index contributed by atoms with van der Waals surface area (Å²) >= 11 is 0. The lowest BCUT2D eigenvalue weighted by Gasteiger charge is -2.32. The predicted octanol–water partition coefficient (Wildman–Crippen LogP) is 1.04. The number of amides is 1. The first-order valence-electron chi connectivity index (χ1n) is 6.62. The van der Waals surface area contributed by atoms with Crippen LogP contribution in [0.2, 0.25) is 0 Å². The van der Waals surface area contributed by atoms with Crippen LogP contribution in [0.25, 0.3) is 0 Å². The van der Waals surface area contributed by atoms with Crippen LogP contribution < -0.4 is 0 Å². The third-order valence-electron chi connectivity index (χ3n) is 3.52. The normalized spacial score (nSPS) is 23.6. The van der Waals surface area contributed by atoms with Crippen LogP contribution in [-0.4, -0.2) is 55.3 Å². The van der Waals surface area contributed by atoms with E-state index in [2.05, 4.69) is 4.98 Å². The lowest BCUT2D eigenvalue weighted by Crippen LogP contribution is -2.47. The molecule has 1 aromatic rings. The standard InChI is InChI=1S/C13H18N2O4/c1-17-7-10-6-15(4-5-18-10)13(16)11-12(9-2-3-9)19-8-14-11/h8-10H,2-7H2,1H3. The molecule has 1 aromatic heterocycles. The van der Waals surface area contributed by atoms with Crippen LogP contribution in [0.1, 0.15) is 35.0 Å². The number of hydrogen-bond donors (Lipinski definition) is 0. The molecule has 1 atom stereocenters. The van der Waals surface area contributed by atoms with Crippen molar-refractivity contribution < 1.29 is 18.7 Å². The Balaban J connectivity index is 1.70. The molecule has 0 spiro atoms. The zero-order chi connectivity index (χ0) is 13.2. The molecule has 0 radical (unpaired) electrons. The molecule has 0 bridgehead atoms. The van der Waals surface area contributed by atoms with Gasteiger partial charge in [0.05, 0.1) is 19.3 Å². The zero-order valence-electron chi connectivity index (χ0n) is 11.0. The Morgan fingerprint density at radius 2 is 2.42 bits per heavy atom. The van der Waals surface area contributed by atoms with Crippen molar-refractivity contribution in [2.24, 2.45) is 0 Å². The Bertz CT molecular complexity index is 453. The number of carbonyl (C=O) groups excluding carboxylic acids is 1. The summed E-state index contributed by atoms with van der Waals surface area (Å²) in [4.78, 5) is 18.3. The van der Waals surface area contributed by atoms with E-state index in [0.29, 0.717) is 37.9 Å². The van der Waals surface area contributed by atoms with E-state index in [1.165, 1.54) is 6.39 Å². The SMILES string of the molecule is COCC1CN(C(=O)c2ncoc2C2CC2)CCO1. The van der Waals surface area contributed by atoms with Crippen molar-refractivity contribution in [2.45, 2.75) is 24.9 Å². The molecule has 1 unspecified atom stereocenters. The van der Waals surface area contributed by atoms with E-state index in [1.807, 2.05) is 0 Å². The first-order valence-corrected chi connectivity index (χ1v) is 6.62. The number of oxazole rings is 1. The molecule has 1 saturated carbocycles. The summed E-state index contributed by atoms with van der Waals surface area (Å²) in [7, 11) is 1.63. The number of ether oxygens (including phenoxy) is 2. The quantitative estimate of drug-likeness (QED) is 0.814. The van der Waals surface area contributed by atoms with Crippen LogP contribution in [0.4, 0.5) is 0 Å². The van der Waals surface area contributed by atoms with Crippen LogP contribution in [0, 0.1) is 0 Å². The molecular weight excluding hydrogens is 248 g/mol. The summed E-state index contributed by atoms with van der Waals surface area (Å²) in [6.07, 6.45) is 3.49. The molecule has 2 aliphatic rings. The van der Waals surface area contributed by atoms with Crippen molar-refractivity contribution in [3.8, 4) is 0 Å². The fraction of sp³-hybridized carbons (Fsp3) is 0.692. The van der Waals surface area contributed by atoms with Gasteiger partial charge >= 0.3 is 0 Å². The highest BCUT2D eigenvalue weighted by Crippen LogP contribution is 2.41. The van der Waals surface area contributed by atoms with Gasteiger partial charge in [-0.3, -0.25) is 4.79 Å². The highest BCUT2D eigenvalue weighted by atomic mass is 16.5. The molecule has 1 aliphatic heterocycles. The van der Waals surface area contributed by atoms with E-state index in [4.69, 9.17) is 13.9 Å². The summed E-state index contributed by atoms with van der Waals surface area (Å²) in [5, 5.41) is 0. The summed E-state index contributed by atoms with van der Waals surface area (Å²) < 4.78 is 16.0. The molecule has 19 heavy (non-hydrogen) atoms. The Morgan fingerprint density at radius 1 is 1.58 bits per heavy atom. The van der Waals surface area contributed by atoms with E-state index >= 15 is 0 Å². The Morgan fingerprint density at radius 3 is 3.16 bits per heavy atom. The smallest absolute Gasteiger partial charge is 0.276 e. The van der Waals surface area contributed by atoms with E-state index in [1.54, 1.807) is 12.0 Å². The molecule has 1 saturated heterocycles. The van der Waals surface area contributed by atoms with Crippen molar-refractivity contribution in [3.05, 3.63) is 17.8 Å². The monoisotopic (exact) mass is 266 g/mol. The van der Waals surface area contributed by atoms with Crippen LogP contribution >= 0.6 is 0 Å². The Kier molecular flexibility index (Phi) is 3.52. The van der Waals surface area contributed by atoms with Crippen LogP contribution in [-0.2, 0) is 9.47 Å². The van der Waals surface area contributed by atoms with E-state index in [0.717, 1.165) is 18.6 Å². The second kappa shape index (κ2) is 5.30. The molecule has 6 nitrogen and oxygen atoms in total. The molecule has 0 aromatic carbocycles. The fourth-order valence-corrected chi connectivity index (χ4v) is 2.39. The largest absolute Gasteiger partial charge is 0.447 e. The van der Waals surface area contributed by atoms with Crippen LogP contribution in [0.15, 0.2) is 10.8 Å². The maximum atomic E-state index is 12.5. The highest BCUT2D eigenvalue weighted by Gasteiger charge is 2.35. The topological polar surface area (TPSA) is 64.8 Å². The summed E-state index contributed by atoms with van der Waals surface area (Å²) in [5.74, 6) is 1.08. The fourth-order valence-electron chi connectivity index (χ4n) is 2.39. The van der Waals surface area contributed by atoms with E-state index in [9.17, 15) is 4.79 Å². The highest BCUT2D eigenvalue weighted by molar-refractivity contribution is 5.93. The minimum atomic E-state index is -0.0565. The van der Waals surface area contributed by atoms with Crippen molar-refractivity contribution in [3.63, 3.8) is 0 Å². The zero-order valence-corrected chi connectivity index (χ0v) is 11.0. The van der Waals surface area contributed by atoms with Gasteiger partial charge in [0, 0.05) is 26.1 Å². The van der Waals surface area contributed by atoms with Crippen LogP contribution in [0.3, 0.4) is 0 Å². The number of rotatable bonds is 4. The number of nitrogens with zero attached hydrogens (tertiary/aromatic N) is 2. The molecule has 2 fully saturated rings. The van der Waals surface area contributed by atoms with Gasteiger partial charge in [0.1, 0.15) is 5.76 Å². The average molecular weight is 266 g/mol. The molecule has 2 heterocycles. The predicted molar refractivity (Wildman–Crippen MR) is 66.0 cm³/mol. The number of methoxy groups -OCH3 is 1. The third kappa shape index (κ3) is 2.64. The van der Waals surface area contributed by atoms with E-state index < -0.39 is 0 Å².